The van der Waals surface area contributed by atoms with Crippen LogP contribution in [0.2, 0.25) is 0 Å². The van der Waals surface area contributed by atoms with Gasteiger partial charge in [0.25, 0.3) is 10.0 Å². The molecule has 0 amide bonds. The Hall–Kier alpha value is -1.67. The van der Waals surface area contributed by atoms with E-state index in [2.05, 4.69) is 26.8 Å². The number of hydrogen-bond donors (Lipinski definition) is 0. The standard InChI is InChI=1S/C21H26N2O3S2/c1-15-7-9-16(10-8-15)28(24,25)22-12-11-18-17(14-22)20(19-6-5-13-27-19)23(26-18)21(2,3)4/h5-10,13-14,18,20H,11-12H2,1-4H3/t18-,20+/m0/s1. The molecular formula is C21H26N2O3S2. The number of sulfonamides is 1. The highest BCUT2D eigenvalue weighted by atomic mass is 32.2. The summed E-state index contributed by atoms with van der Waals surface area (Å²) in [6, 6.07) is 11.1. The first-order valence-corrected chi connectivity index (χ1v) is 11.8. The highest BCUT2D eigenvalue weighted by Crippen LogP contribution is 2.47. The molecule has 0 aliphatic carbocycles. The van der Waals surface area contributed by atoms with E-state index in [4.69, 9.17) is 4.84 Å². The highest BCUT2D eigenvalue weighted by Gasteiger charge is 2.47. The van der Waals surface area contributed by atoms with Crippen LogP contribution in [0.1, 0.15) is 43.7 Å². The van der Waals surface area contributed by atoms with Crippen LogP contribution in [0.5, 0.6) is 0 Å². The van der Waals surface area contributed by atoms with Crippen molar-refractivity contribution < 1.29 is 13.3 Å². The van der Waals surface area contributed by atoms with E-state index in [-0.39, 0.29) is 17.7 Å². The Kier molecular flexibility index (Phi) is 4.90. The molecule has 1 aromatic carbocycles. The number of aryl methyl sites for hydroxylation is 1. The summed E-state index contributed by atoms with van der Waals surface area (Å²) in [7, 11) is -3.58. The van der Waals surface area contributed by atoms with Crippen molar-refractivity contribution in [3.05, 3.63) is 64.0 Å². The van der Waals surface area contributed by atoms with Gasteiger partial charge in [0.15, 0.2) is 0 Å². The van der Waals surface area contributed by atoms with Gasteiger partial charge < -0.3 is 0 Å². The lowest BCUT2D eigenvalue weighted by atomic mass is 9.95. The molecule has 0 radical (unpaired) electrons. The van der Waals surface area contributed by atoms with Crippen molar-refractivity contribution in [2.24, 2.45) is 0 Å². The fourth-order valence-corrected chi connectivity index (χ4v) is 5.92. The zero-order valence-corrected chi connectivity index (χ0v) is 18.3. The van der Waals surface area contributed by atoms with Crippen LogP contribution < -0.4 is 0 Å². The molecule has 28 heavy (non-hydrogen) atoms. The zero-order chi connectivity index (χ0) is 20.1. The predicted octanol–water partition coefficient (Wildman–Crippen LogP) is 4.49. The van der Waals surface area contributed by atoms with E-state index < -0.39 is 10.0 Å². The van der Waals surface area contributed by atoms with E-state index in [1.54, 1.807) is 29.7 Å². The minimum Gasteiger partial charge on any atom is -0.290 e. The summed E-state index contributed by atoms with van der Waals surface area (Å²) in [6.45, 7) is 8.72. The first kappa shape index (κ1) is 19.6. The van der Waals surface area contributed by atoms with Crippen molar-refractivity contribution >= 4 is 21.4 Å². The number of hydrogen-bond acceptors (Lipinski definition) is 5. The van der Waals surface area contributed by atoms with Crippen molar-refractivity contribution in [3.8, 4) is 0 Å². The maximum Gasteiger partial charge on any atom is 0.263 e. The third-order valence-electron chi connectivity index (χ3n) is 5.17. The molecule has 0 spiro atoms. The summed E-state index contributed by atoms with van der Waals surface area (Å²) in [5.74, 6) is 0. The summed E-state index contributed by atoms with van der Waals surface area (Å²) in [6.07, 6.45) is 2.36. The molecule has 0 N–H and O–H groups in total. The smallest absolute Gasteiger partial charge is 0.263 e. The summed E-state index contributed by atoms with van der Waals surface area (Å²) < 4.78 is 27.9. The topological polar surface area (TPSA) is 49.9 Å². The van der Waals surface area contributed by atoms with Crippen molar-refractivity contribution in [1.29, 1.82) is 0 Å². The molecule has 1 saturated heterocycles. The Labute approximate surface area is 171 Å². The van der Waals surface area contributed by atoms with Crippen LogP contribution in [0.3, 0.4) is 0 Å². The molecule has 7 heteroatoms. The van der Waals surface area contributed by atoms with Gasteiger partial charge in [0, 0.05) is 28.7 Å². The minimum absolute atomic E-state index is 0.0685. The van der Waals surface area contributed by atoms with E-state index in [1.165, 1.54) is 9.18 Å². The number of rotatable bonds is 3. The third-order valence-corrected chi connectivity index (χ3v) is 7.87. The van der Waals surface area contributed by atoms with Crippen LogP contribution in [0.4, 0.5) is 0 Å². The van der Waals surface area contributed by atoms with Gasteiger partial charge in [-0.05, 0) is 57.7 Å². The predicted molar refractivity (Wildman–Crippen MR) is 111 cm³/mol. The second kappa shape index (κ2) is 6.99. The molecule has 2 aromatic rings. The number of fused-ring (bicyclic) bond motifs is 1. The van der Waals surface area contributed by atoms with E-state index in [0.717, 1.165) is 11.1 Å². The van der Waals surface area contributed by atoms with E-state index >= 15 is 0 Å². The second-order valence-corrected chi connectivity index (χ2v) is 11.2. The molecule has 2 aliphatic rings. The lowest BCUT2D eigenvalue weighted by Gasteiger charge is -2.34. The van der Waals surface area contributed by atoms with Gasteiger partial charge in [-0.15, -0.1) is 11.3 Å². The van der Waals surface area contributed by atoms with Crippen LogP contribution in [0, 0.1) is 6.92 Å². The number of nitrogens with zero attached hydrogens (tertiary/aromatic N) is 2. The van der Waals surface area contributed by atoms with Gasteiger partial charge in [0.1, 0.15) is 6.10 Å². The summed E-state index contributed by atoms with van der Waals surface area (Å²) in [5.41, 5.74) is 1.85. The maximum absolute atomic E-state index is 13.2. The van der Waals surface area contributed by atoms with Crippen LogP contribution in [-0.4, -0.2) is 36.0 Å². The van der Waals surface area contributed by atoms with Crippen LogP contribution in [0.15, 0.2) is 58.4 Å². The van der Waals surface area contributed by atoms with Crippen molar-refractivity contribution in [2.75, 3.05) is 6.54 Å². The first-order chi connectivity index (χ1) is 13.2. The molecule has 3 heterocycles. The SMILES string of the molecule is Cc1ccc(S(=O)(=O)N2C=C3[C@H](CC2)ON(C(C)(C)C)[C@H]3c2cccs2)cc1. The first-order valence-electron chi connectivity index (χ1n) is 9.47. The Bertz CT molecular complexity index is 974. The number of hydroxylamine groups is 2. The third kappa shape index (κ3) is 3.41. The lowest BCUT2D eigenvalue weighted by molar-refractivity contribution is -0.213. The fourth-order valence-electron chi connectivity index (χ4n) is 3.73. The average Bonchev–Trinajstić information content (AvgIpc) is 3.28. The van der Waals surface area contributed by atoms with Gasteiger partial charge in [-0.3, -0.25) is 9.14 Å². The van der Waals surface area contributed by atoms with Gasteiger partial charge in [-0.25, -0.2) is 8.42 Å². The van der Waals surface area contributed by atoms with Gasteiger partial charge >= 0.3 is 0 Å². The van der Waals surface area contributed by atoms with Crippen LogP contribution in [-0.2, 0) is 14.9 Å². The minimum atomic E-state index is -3.58. The van der Waals surface area contributed by atoms with Crippen LogP contribution in [0.25, 0.3) is 0 Å². The molecule has 1 fully saturated rings. The summed E-state index contributed by atoms with van der Waals surface area (Å²) >= 11 is 1.67. The van der Waals surface area contributed by atoms with E-state index in [0.29, 0.717) is 17.9 Å². The molecule has 5 nitrogen and oxygen atoms in total. The molecule has 0 unspecified atom stereocenters. The van der Waals surface area contributed by atoms with Gasteiger partial charge in [-0.1, -0.05) is 23.8 Å². The number of thiophene rings is 1. The molecule has 0 saturated carbocycles. The molecule has 4 rings (SSSR count). The molecular weight excluding hydrogens is 392 g/mol. The van der Waals surface area contributed by atoms with Crippen LogP contribution >= 0.6 is 11.3 Å². The molecule has 2 atom stereocenters. The van der Waals surface area contributed by atoms with Gasteiger partial charge in [-0.2, -0.15) is 5.06 Å². The quantitative estimate of drug-likeness (QED) is 0.737. The molecule has 0 bridgehead atoms. The van der Waals surface area contributed by atoms with E-state index in [1.807, 2.05) is 35.6 Å². The second-order valence-electron chi connectivity index (χ2n) is 8.36. The number of benzene rings is 1. The average molecular weight is 419 g/mol. The summed E-state index contributed by atoms with van der Waals surface area (Å²) in [5, 5.41) is 4.07. The Morgan fingerprint density at radius 2 is 1.86 bits per heavy atom. The maximum atomic E-state index is 13.2. The largest absolute Gasteiger partial charge is 0.290 e. The van der Waals surface area contributed by atoms with Crippen molar-refractivity contribution in [3.63, 3.8) is 0 Å². The molecule has 2 aliphatic heterocycles. The zero-order valence-electron chi connectivity index (χ0n) is 16.6. The molecule has 1 aromatic heterocycles. The fraction of sp³-hybridized carbons (Fsp3) is 0.429. The normalized spacial score (nSPS) is 23.6. The summed E-state index contributed by atoms with van der Waals surface area (Å²) in [4.78, 5) is 7.79. The van der Waals surface area contributed by atoms with Crippen molar-refractivity contribution in [2.45, 2.75) is 56.7 Å². The monoisotopic (exact) mass is 418 g/mol. The molecule has 150 valence electrons. The lowest BCUT2D eigenvalue weighted by Crippen LogP contribution is -2.40. The highest BCUT2D eigenvalue weighted by molar-refractivity contribution is 7.89. The Morgan fingerprint density at radius 1 is 1.14 bits per heavy atom. The van der Waals surface area contributed by atoms with Gasteiger partial charge in [0.2, 0.25) is 0 Å². The Morgan fingerprint density at radius 3 is 2.46 bits per heavy atom. The van der Waals surface area contributed by atoms with E-state index in [9.17, 15) is 8.42 Å². The Balaban J connectivity index is 1.74. The van der Waals surface area contributed by atoms with Crippen molar-refractivity contribution in [1.82, 2.24) is 9.37 Å². The van der Waals surface area contributed by atoms with Gasteiger partial charge in [0.05, 0.1) is 10.9 Å².